The minimum Gasteiger partial charge on any atom is -0.314 e. The van der Waals surface area contributed by atoms with Crippen LogP contribution in [0.25, 0.3) is 0 Å². The van der Waals surface area contributed by atoms with Gasteiger partial charge in [0.2, 0.25) is 0 Å². The summed E-state index contributed by atoms with van der Waals surface area (Å²) in [6.45, 7) is 8.15. The summed E-state index contributed by atoms with van der Waals surface area (Å²) in [7, 11) is 0. The number of hydrogen-bond acceptors (Lipinski definition) is 1. The Balaban J connectivity index is 2.06. The monoisotopic (exact) mass is 183 g/mol. The summed E-state index contributed by atoms with van der Waals surface area (Å²) in [4.78, 5) is 0. The van der Waals surface area contributed by atoms with E-state index in [0.29, 0.717) is 0 Å². The zero-order valence-corrected chi connectivity index (χ0v) is 9.47. The zero-order valence-electron chi connectivity index (χ0n) is 9.47. The quantitative estimate of drug-likeness (QED) is 0.690. The second-order valence-electron chi connectivity index (χ2n) is 4.97. The second kappa shape index (κ2) is 5.64. The Morgan fingerprint density at radius 2 is 1.77 bits per heavy atom. The van der Waals surface area contributed by atoms with Crippen molar-refractivity contribution < 1.29 is 0 Å². The van der Waals surface area contributed by atoms with Gasteiger partial charge in [-0.25, -0.2) is 0 Å². The molecule has 0 aromatic carbocycles. The summed E-state index contributed by atoms with van der Waals surface area (Å²) in [5.74, 6) is 1.80. The molecule has 0 saturated heterocycles. The molecule has 1 N–H and O–H groups in total. The van der Waals surface area contributed by atoms with Gasteiger partial charge in [-0.1, -0.05) is 26.7 Å². The first-order valence-electron chi connectivity index (χ1n) is 5.93. The first-order valence-corrected chi connectivity index (χ1v) is 5.93. The summed E-state index contributed by atoms with van der Waals surface area (Å²) in [6, 6.07) is 0.751. The van der Waals surface area contributed by atoms with E-state index < -0.39 is 0 Å². The Morgan fingerprint density at radius 1 is 1.15 bits per heavy atom. The predicted octanol–water partition coefficient (Wildman–Crippen LogP) is 3.20. The van der Waals surface area contributed by atoms with Gasteiger partial charge in [-0.3, -0.25) is 0 Å². The van der Waals surface area contributed by atoms with Crippen LogP contribution in [0, 0.1) is 11.8 Å². The molecule has 13 heavy (non-hydrogen) atoms. The van der Waals surface area contributed by atoms with E-state index in [-0.39, 0.29) is 0 Å². The molecule has 0 bridgehead atoms. The SMILES string of the molecule is CC(C)CCNC(C)C1CCCC1. The van der Waals surface area contributed by atoms with Crippen molar-refractivity contribution in [3.05, 3.63) is 0 Å². The van der Waals surface area contributed by atoms with Crippen molar-refractivity contribution in [3.63, 3.8) is 0 Å². The molecular weight excluding hydrogens is 158 g/mol. The summed E-state index contributed by atoms with van der Waals surface area (Å²) < 4.78 is 0. The van der Waals surface area contributed by atoms with Crippen LogP contribution < -0.4 is 5.32 Å². The van der Waals surface area contributed by atoms with Gasteiger partial charge in [0.25, 0.3) is 0 Å². The van der Waals surface area contributed by atoms with Crippen molar-refractivity contribution >= 4 is 0 Å². The van der Waals surface area contributed by atoms with Gasteiger partial charge in [0, 0.05) is 6.04 Å². The third-order valence-corrected chi connectivity index (χ3v) is 3.29. The van der Waals surface area contributed by atoms with E-state index in [0.717, 1.165) is 17.9 Å². The average molecular weight is 183 g/mol. The van der Waals surface area contributed by atoms with Gasteiger partial charge in [0.05, 0.1) is 0 Å². The molecule has 0 amide bonds. The Labute approximate surface area is 83.3 Å². The molecule has 0 spiro atoms. The lowest BCUT2D eigenvalue weighted by atomic mass is 9.99. The van der Waals surface area contributed by atoms with Crippen LogP contribution in [-0.4, -0.2) is 12.6 Å². The molecule has 1 atom stereocenters. The van der Waals surface area contributed by atoms with Crippen LogP contribution >= 0.6 is 0 Å². The summed E-state index contributed by atoms with van der Waals surface area (Å²) in [5, 5.41) is 3.66. The van der Waals surface area contributed by atoms with Crippen molar-refractivity contribution in [2.75, 3.05) is 6.54 Å². The smallest absolute Gasteiger partial charge is 0.00669 e. The van der Waals surface area contributed by atoms with Gasteiger partial charge in [-0.05, 0) is 44.6 Å². The van der Waals surface area contributed by atoms with Crippen molar-refractivity contribution in [1.29, 1.82) is 0 Å². The Morgan fingerprint density at radius 3 is 2.31 bits per heavy atom. The molecular formula is C12H25N. The van der Waals surface area contributed by atoms with Gasteiger partial charge in [0.1, 0.15) is 0 Å². The molecule has 1 nitrogen and oxygen atoms in total. The topological polar surface area (TPSA) is 12.0 Å². The fourth-order valence-electron chi connectivity index (χ4n) is 2.22. The van der Waals surface area contributed by atoms with Gasteiger partial charge in [-0.2, -0.15) is 0 Å². The lowest BCUT2D eigenvalue weighted by Gasteiger charge is -2.20. The molecule has 0 aromatic heterocycles. The molecule has 0 aliphatic heterocycles. The first kappa shape index (κ1) is 11.0. The molecule has 0 heterocycles. The van der Waals surface area contributed by atoms with Crippen molar-refractivity contribution in [1.82, 2.24) is 5.32 Å². The molecule has 1 fully saturated rings. The van der Waals surface area contributed by atoms with Gasteiger partial charge in [0.15, 0.2) is 0 Å². The zero-order chi connectivity index (χ0) is 9.68. The highest BCUT2D eigenvalue weighted by molar-refractivity contribution is 4.77. The fourth-order valence-corrected chi connectivity index (χ4v) is 2.22. The Bertz CT molecular complexity index is 125. The van der Waals surface area contributed by atoms with Crippen molar-refractivity contribution in [2.45, 2.75) is 58.9 Å². The number of hydrogen-bond donors (Lipinski definition) is 1. The highest BCUT2D eigenvalue weighted by Crippen LogP contribution is 2.27. The summed E-state index contributed by atoms with van der Waals surface area (Å²) in [6.07, 6.45) is 7.14. The standard InChI is InChI=1S/C12H25N/c1-10(2)8-9-13-11(3)12-6-4-5-7-12/h10-13H,4-9H2,1-3H3. The molecule has 0 radical (unpaired) electrons. The van der Waals surface area contributed by atoms with E-state index in [1.807, 2.05) is 0 Å². The molecule has 1 saturated carbocycles. The van der Waals surface area contributed by atoms with Crippen molar-refractivity contribution in [3.8, 4) is 0 Å². The van der Waals surface area contributed by atoms with Crippen LogP contribution in [-0.2, 0) is 0 Å². The van der Waals surface area contributed by atoms with E-state index in [1.165, 1.54) is 38.6 Å². The van der Waals surface area contributed by atoms with Gasteiger partial charge >= 0.3 is 0 Å². The third-order valence-electron chi connectivity index (χ3n) is 3.29. The van der Waals surface area contributed by atoms with E-state index in [9.17, 15) is 0 Å². The van der Waals surface area contributed by atoms with E-state index in [1.54, 1.807) is 0 Å². The van der Waals surface area contributed by atoms with E-state index in [4.69, 9.17) is 0 Å². The molecule has 78 valence electrons. The number of rotatable bonds is 5. The average Bonchev–Trinajstić information content (AvgIpc) is 2.55. The highest BCUT2D eigenvalue weighted by Gasteiger charge is 2.20. The third kappa shape index (κ3) is 4.12. The fraction of sp³-hybridized carbons (Fsp3) is 1.00. The van der Waals surface area contributed by atoms with Crippen LogP contribution in [0.2, 0.25) is 0 Å². The normalized spacial score (nSPS) is 21.2. The van der Waals surface area contributed by atoms with Crippen LogP contribution in [0.15, 0.2) is 0 Å². The predicted molar refractivity (Wildman–Crippen MR) is 58.9 cm³/mol. The lowest BCUT2D eigenvalue weighted by Crippen LogP contribution is -2.33. The molecule has 1 rings (SSSR count). The minimum absolute atomic E-state index is 0.751. The first-order chi connectivity index (χ1) is 6.20. The highest BCUT2D eigenvalue weighted by atomic mass is 14.9. The maximum absolute atomic E-state index is 3.66. The molecule has 1 aliphatic rings. The maximum Gasteiger partial charge on any atom is 0.00669 e. The van der Waals surface area contributed by atoms with E-state index >= 15 is 0 Å². The lowest BCUT2D eigenvalue weighted by molar-refractivity contribution is 0.370. The molecule has 0 aromatic rings. The van der Waals surface area contributed by atoms with Crippen LogP contribution in [0.4, 0.5) is 0 Å². The molecule has 1 unspecified atom stereocenters. The van der Waals surface area contributed by atoms with Crippen LogP contribution in [0.5, 0.6) is 0 Å². The van der Waals surface area contributed by atoms with Gasteiger partial charge in [-0.15, -0.1) is 0 Å². The molecule has 1 aliphatic carbocycles. The van der Waals surface area contributed by atoms with E-state index in [2.05, 4.69) is 26.1 Å². The molecule has 1 heteroatoms. The van der Waals surface area contributed by atoms with Gasteiger partial charge < -0.3 is 5.32 Å². The second-order valence-corrected chi connectivity index (χ2v) is 4.97. The maximum atomic E-state index is 3.66. The van der Waals surface area contributed by atoms with Crippen molar-refractivity contribution in [2.24, 2.45) is 11.8 Å². The van der Waals surface area contributed by atoms with Crippen LogP contribution in [0.3, 0.4) is 0 Å². The summed E-state index contributed by atoms with van der Waals surface area (Å²) >= 11 is 0. The Kier molecular flexibility index (Phi) is 4.79. The van der Waals surface area contributed by atoms with Crippen LogP contribution in [0.1, 0.15) is 52.9 Å². The Hall–Kier alpha value is -0.0400. The largest absolute Gasteiger partial charge is 0.314 e. The number of nitrogens with one attached hydrogen (secondary N) is 1. The minimum atomic E-state index is 0.751. The summed E-state index contributed by atoms with van der Waals surface area (Å²) in [5.41, 5.74) is 0.